The molecule has 0 unspecified atom stereocenters. The van der Waals surface area contributed by atoms with Crippen LogP contribution < -0.4 is 10.6 Å². The minimum absolute atomic E-state index is 0. The molecule has 0 aliphatic carbocycles. The third kappa shape index (κ3) is 5.35. The number of pyridine rings is 1. The van der Waals surface area contributed by atoms with Crippen LogP contribution in [0, 0.1) is 11.8 Å². The topological polar surface area (TPSA) is 57.3 Å². The van der Waals surface area contributed by atoms with Gasteiger partial charge in [-0.05, 0) is 68.8 Å². The molecule has 3 aliphatic rings. The van der Waals surface area contributed by atoms with Crippen LogP contribution >= 0.6 is 24.8 Å². The van der Waals surface area contributed by atoms with E-state index in [1.807, 2.05) is 18.3 Å². The fraction of sp³-hybridized carbons (Fsp3) is 0.700. The third-order valence-corrected chi connectivity index (χ3v) is 6.40. The molecule has 7 heteroatoms. The average molecular weight is 415 g/mol. The molecule has 2 bridgehead atoms. The molecular weight excluding hydrogens is 383 g/mol. The van der Waals surface area contributed by atoms with Crippen LogP contribution in [-0.2, 0) is 11.2 Å². The van der Waals surface area contributed by atoms with Crippen LogP contribution in [0.5, 0.6) is 0 Å². The van der Waals surface area contributed by atoms with Crippen molar-refractivity contribution in [2.75, 3.05) is 26.2 Å². The number of aromatic nitrogens is 1. The molecule has 4 atom stereocenters. The second kappa shape index (κ2) is 10.6. The fourth-order valence-corrected chi connectivity index (χ4v) is 5.16. The zero-order chi connectivity index (χ0) is 17.1. The van der Waals surface area contributed by atoms with Gasteiger partial charge in [-0.2, -0.15) is 0 Å². The summed E-state index contributed by atoms with van der Waals surface area (Å²) in [7, 11) is 0. The maximum absolute atomic E-state index is 12.3. The van der Waals surface area contributed by atoms with Crippen molar-refractivity contribution in [1.82, 2.24) is 20.5 Å². The zero-order valence-corrected chi connectivity index (χ0v) is 17.4. The lowest BCUT2D eigenvalue weighted by Crippen LogP contribution is -2.65. The van der Waals surface area contributed by atoms with E-state index in [1.54, 1.807) is 6.20 Å². The minimum Gasteiger partial charge on any atom is -0.355 e. The van der Waals surface area contributed by atoms with Crippen molar-refractivity contribution in [3.8, 4) is 0 Å². The lowest BCUT2D eigenvalue weighted by Gasteiger charge is -2.55. The predicted molar refractivity (Wildman–Crippen MR) is 113 cm³/mol. The first-order chi connectivity index (χ1) is 12.3. The van der Waals surface area contributed by atoms with Crippen molar-refractivity contribution in [3.05, 3.63) is 30.1 Å². The molecule has 3 aliphatic heterocycles. The lowest BCUT2D eigenvalue weighted by molar-refractivity contribution is -0.122. The third-order valence-electron chi connectivity index (χ3n) is 6.40. The number of hydrogen-bond acceptors (Lipinski definition) is 4. The number of rotatable bonds is 5. The molecule has 0 saturated carbocycles. The number of aryl methyl sites for hydroxylation is 1. The number of amides is 1. The Bertz CT molecular complexity index is 589. The second-order valence-corrected chi connectivity index (χ2v) is 7.95. The molecule has 2 N–H and O–H groups in total. The van der Waals surface area contributed by atoms with Crippen LogP contribution in [0.1, 0.15) is 37.7 Å². The molecule has 27 heavy (non-hydrogen) atoms. The SMILES string of the molecule is Cl.Cl.O=C(CCc1cccnc1)NC[C@H]1[C@@H]2CNC[C@@H](C2)[C@@H]2CCCCN21. The highest BCUT2D eigenvalue weighted by molar-refractivity contribution is 5.85. The normalized spacial score (nSPS) is 29.6. The van der Waals surface area contributed by atoms with Crippen LogP contribution in [0.2, 0.25) is 0 Å². The first kappa shape index (κ1) is 22.4. The summed E-state index contributed by atoms with van der Waals surface area (Å²) in [4.78, 5) is 19.2. The quantitative estimate of drug-likeness (QED) is 0.776. The minimum atomic E-state index is 0. The molecule has 0 radical (unpaired) electrons. The number of fused-ring (bicyclic) bond motifs is 4. The number of nitrogens with one attached hydrogen (secondary N) is 2. The Morgan fingerprint density at radius 3 is 2.93 bits per heavy atom. The van der Waals surface area contributed by atoms with Gasteiger partial charge in [0.1, 0.15) is 0 Å². The van der Waals surface area contributed by atoms with Crippen molar-refractivity contribution >= 4 is 30.7 Å². The van der Waals surface area contributed by atoms with Gasteiger partial charge in [0.25, 0.3) is 0 Å². The van der Waals surface area contributed by atoms with Gasteiger partial charge in [-0.25, -0.2) is 0 Å². The van der Waals surface area contributed by atoms with Crippen molar-refractivity contribution in [2.24, 2.45) is 11.8 Å². The number of hydrogen-bond donors (Lipinski definition) is 2. The maximum atomic E-state index is 12.3. The standard InChI is InChI=1S/C20H30N4O.2ClH/c25-20(7-6-15-4-3-8-21-11-15)23-14-19-17-10-16(12-22-13-17)18-5-1-2-9-24(18)19;;/h3-4,8,11,16-19,22H,1-2,5-7,9-10,12-14H2,(H,23,25);2*1H/t16-,17+,18+,19+;;/m1../s1. The number of nitrogens with zero attached hydrogens (tertiary/aromatic N) is 2. The summed E-state index contributed by atoms with van der Waals surface area (Å²) in [6, 6.07) is 5.21. The Kier molecular flexibility index (Phi) is 8.80. The van der Waals surface area contributed by atoms with Gasteiger partial charge >= 0.3 is 0 Å². The molecule has 5 nitrogen and oxygen atoms in total. The van der Waals surface area contributed by atoms with Gasteiger partial charge in [-0.1, -0.05) is 12.5 Å². The largest absolute Gasteiger partial charge is 0.355 e. The molecule has 4 rings (SSSR count). The first-order valence-corrected chi connectivity index (χ1v) is 9.93. The Balaban J connectivity index is 0.00000131. The first-order valence-electron chi connectivity index (χ1n) is 9.93. The van der Waals surface area contributed by atoms with Gasteiger partial charge in [0.15, 0.2) is 0 Å². The monoisotopic (exact) mass is 414 g/mol. The van der Waals surface area contributed by atoms with E-state index in [0.717, 1.165) is 37.0 Å². The Morgan fingerprint density at radius 2 is 2.11 bits per heavy atom. The number of carbonyl (C=O) groups excluding carboxylic acids is 1. The van der Waals surface area contributed by atoms with Crippen LogP contribution in [0.25, 0.3) is 0 Å². The van der Waals surface area contributed by atoms with Gasteiger partial charge in [0.2, 0.25) is 5.91 Å². The smallest absolute Gasteiger partial charge is 0.220 e. The molecule has 4 heterocycles. The molecule has 1 aromatic heterocycles. The summed E-state index contributed by atoms with van der Waals surface area (Å²) >= 11 is 0. The molecule has 3 fully saturated rings. The summed E-state index contributed by atoms with van der Waals surface area (Å²) in [5.41, 5.74) is 1.13. The molecule has 0 spiro atoms. The van der Waals surface area contributed by atoms with Crippen molar-refractivity contribution in [1.29, 1.82) is 0 Å². The number of piperidine rings is 3. The average Bonchev–Trinajstić information content (AvgIpc) is 2.67. The maximum Gasteiger partial charge on any atom is 0.220 e. The van der Waals surface area contributed by atoms with Crippen molar-refractivity contribution in [2.45, 2.75) is 50.6 Å². The molecule has 3 saturated heterocycles. The Hall–Kier alpha value is -0.880. The summed E-state index contributed by atoms with van der Waals surface area (Å²) in [5, 5.41) is 6.87. The van der Waals surface area contributed by atoms with Crippen LogP contribution in [0.15, 0.2) is 24.5 Å². The number of halogens is 2. The van der Waals surface area contributed by atoms with Crippen LogP contribution in [0.4, 0.5) is 0 Å². The molecular formula is C20H32Cl2N4O. The van der Waals surface area contributed by atoms with E-state index in [4.69, 9.17) is 0 Å². The van der Waals surface area contributed by atoms with Gasteiger partial charge in [-0.15, -0.1) is 24.8 Å². The molecule has 0 aromatic carbocycles. The summed E-state index contributed by atoms with van der Waals surface area (Å²) < 4.78 is 0. The van der Waals surface area contributed by atoms with E-state index in [-0.39, 0.29) is 30.7 Å². The summed E-state index contributed by atoms with van der Waals surface area (Å²) in [6.07, 6.45) is 10.3. The molecule has 1 aromatic rings. The van der Waals surface area contributed by atoms with Gasteiger partial charge < -0.3 is 10.6 Å². The van der Waals surface area contributed by atoms with Crippen LogP contribution in [-0.4, -0.2) is 54.1 Å². The zero-order valence-electron chi connectivity index (χ0n) is 15.8. The predicted octanol–water partition coefficient (Wildman–Crippen LogP) is 2.44. The fourth-order valence-electron chi connectivity index (χ4n) is 5.16. The van der Waals surface area contributed by atoms with E-state index < -0.39 is 0 Å². The van der Waals surface area contributed by atoms with Gasteiger partial charge in [-0.3, -0.25) is 14.7 Å². The van der Waals surface area contributed by atoms with Crippen LogP contribution in [0.3, 0.4) is 0 Å². The summed E-state index contributed by atoms with van der Waals surface area (Å²) in [5.74, 6) is 1.67. The van der Waals surface area contributed by atoms with E-state index in [2.05, 4.69) is 20.5 Å². The highest BCUT2D eigenvalue weighted by Gasteiger charge is 2.45. The Labute approximate surface area is 174 Å². The van der Waals surface area contributed by atoms with Crippen molar-refractivity contribution < 1.29 is 4.79 Å². The molecule has 1 amide bonds. The van der Waals surface area contributed by atoms with E-state index in [1.165, 1.54) is 38.8 Å². The van der Waals surface area contributed by atoms with E-state index >= 15 is 0 Å². The second-order valence-electron chi connectivity index (χ2n) is 7.95. The van der Waals surface area contributed by atoms with E-state index in [9.17, 15) is 4.79 Å². The van der Waals surface area contributed by atoms with Gasteiger partial charge in [0, 0.05) is 37.4 Å². The molecule has 152 valence electrons. The Morgan fingerprint density at radius 1 is 1.26 bits per heavy atom. The lowest BCUT2D eigenvalue weighted by atomic mass is 9.73. The van der Waals surface area contributed by atoms with E-state index in [0.29, 0.717) is 18.4 Å². The van der Waals surface area contributed by atoms with Crippen molar-refractivity contribution in [3.63, 3.8) is 0 Å². The number of carbonyl (C=O) groups is 1. The van der Waals surface area contributed by atoms with Gasteiger partial charge in [0.05, 0.1) is 0 Å². The highest BCUT2D eigenvalue weighted by Crippen LogP contribution is 2.38. The highest BCUT2D eigenvalue weighted by atomic mass is 35.5. The summed E-state index contributed by atoms with van der Waals surface area (Å²) in [6.45, 7) is 4.31.